The number of likely N-dealkylation sites (tertiary alicyclic amines) is 2. The maximum absolute atomic E-state index is 13.5. The normalized spacial score (nSPS) is 31.0. The molecule has 1 saturated carbocycles. The largest absolute Gasteiger partial charge is 0.355 e. The first-order valence-electron chi connectivity index (χ1n) is 11.0. The molecule has 2 saturated heterocycles. The summed E-state index contributed by atoms with van der Waals surface area (Å²) in [6.07, 6.45) is 9.08. The van der Waals surface area contributed by atoms with Gasteiger partial charge in [0.15, 0.2) is 5.84 Å². The first-order valence-corrected chi connectivity index (χ1v) is 12.5. The summed E-state index contributed by atoms with van der Waals surface area (Å²) in [4.78, 5) is 18.0. The summed E-state index contributed by atoms with van der Waals surface area (Å²) in [7, 11) is -3.63. The predicted octanol–water partition coefficient (Wildman–Crippen LogP) is 3.03. The molecule has 1 aromatic rings. The van der Waals surface area contributed by atoms with E-state index < -0.39 is 10.0 Å². The number of carbonyl (C=O) groups excluding carboxylic acids is 1. The number of rotatable bonds is 1. The van der Waals surface area contributed by atoms with Crippen molar-refractivity contribution in [2.45, 2.75) is 62.3 Å². The fraction of sp³-hybridized carbons (Fsp3) is 0.636. The standard InChI is InChI=1S/C22H29N3O3S/c26-22(25-14-6-8-16-7-1-3-11-19(16)25)17-9-5-13-24(15-17)21-18-10-2-4-12-20(18)29(27,28)23-21/h2,4,10,12,16-17,19H,1,3,5-9,11,13-15H2. The summed E-state index contributed by atoms with van der Waals surface area (Å²) in [5.41, 5.74) is 0.672. The van der Waals surface area contributed by atoms with Crippen molar-refractivity contribution < 1.29 is 13.2 Å². The minimum Gasteiger partial charge on any atom is -0.355 e. The van der Waals surface area contributed by atoms with Crippen molar-refractivity contribution in [1.82, 2.24) is 9.80 Å². The molecular weight excluding hydrogens is 386 g/mol. The third-order valence-corrected chi connectivity index (χ3v) is 8.53. The van der Waals surface area contributed by atoms with Crippen molar-refractivity contribution in [3.63, 3.8) is 0 Å². The number of piperidine rings is 2. The minimum atomic E-state index is -3.63. The molecule has 1 aromatic carbocycles. The van der Waals surface area contributed by atoms with Crippen LogP contribution >= 0.6 is 0 Å². The maximum atomic E-state index is 13.5. The van der Waals surface area contributed by atoms with E-state index in [1.54, 1.807) is 12.1 Å². The third-order valence-electron chi connectivity index (χ3n) is 7.21. The van der Waals surface area contributed by atoms with Gasteiger partial charge in [-0.25, -0.2) is 0 Å². The van der Waals surface area contributed by atoms with E-state index in [1.807, 2.05) is 17.0 Å². The summed E-state index contributed by atoms with van der Waals surface area (Å²) in [5, 5.41) is 0. The highest BCUT2D eigenvalue weighted by atomic mass is 32.2. The molecule has 3 unspecified atom stereocenters. The number of benzene rings is 1. The second-order valence-electron chi connectivity index (χ2n) is 8.96. The monoisotopic (exact) mass is 415 g/mol. The second kappa shape index (κ2) is 7.42. The van der Waals surface area contributed by atoms with Gasteiger partial charge in [0, 0.05) is 31.2 Å². The van der Waals surface area contributed by atoms with E-state index in [4.69, 9.17) is 0 Å². The van der Waals surface area contributed by atoms with Crippen molar-refractivity contribution in [2.75, 3.05) is 19.6 Å². The van der Waals surface area contributed by atoms with Crippen LogP contribution in [0.2, 0.25) is 0 Å². The molecule has 3 heterocycles. The molecule has 29 heavy (non-hydrogen) atoms. The average Bonchev–Trinajstić information content (AvgIpc) is 3.04. The number of fused-ring (bicyclic) bond motifs is 2. The molecule has 0 bridgehead atoms. The number of amides is 1. The smallest absolute Gasteiger partial charge is 0.285 e. The molecule has 5 rings (SSSR count). The zero-order valence-corrected chi connectivity index (χ0v) is 17.6. The van der Waals surface area contributed by atoms with Gasteiger partial charge in [-0.1, -0.05) is 25.0 Å². The van der Waals surface area contributed by atoms with Crippen molar-refractivity contribution in [3.8, 4) is 0 Å². The van der Waals surface area contributed by atoms with Gasteiger partial charge in [-0.05, 0) is 56.6 Å². The molecule has 0 N–H and O–H groups in total. The van der Waals surface area contributed by atoms with Crippen LogP contribution in [0.3, 0.4) is 0 Å². The Morgan fingerprint density at radius 1 is 0.966 bits per heavy atom. The maximum Gasteiger partial charge on any atom is 0.285 e. The Hall–Kier alpha value is -1.89. The molecule has 6 nitrogen and oxygen atoms in total. The molecule has 3 atom stereocenters. The molecule has 7 heteroatoms. The summed E-state index contributed by atoms with van der Waals surface area (Å²) in [6.45, 7) is 2.20. The number of nitrogens with zero attached hydrogens (tertiary/aromatic N) is 3. The van der Waals surface area contributed by atoms with Gasteiger partial charge in [0.1, 0.15) is 4.90 Å². The number of hydrogen-bond acceptors (Lipinski definition) is 4. The highest BCUT2D eigenvalue weighted by Gasteiger charge is 2.40. The summed E-state index contributed by atoms with van der Waals surface area (Å²) in [5.74, 6) is 1.41. The molecular formula is C22H29N3O3S. The van der Waals surface area contributed by atoms with Gasteiger partial charge in [-0.3, -0.25) is 4.79 Å². The van der Waals surface area contributed by atoms with Crippen LogP contribution < -0.4 is 0 Å². The molecule has 1 aliphatic carbocycles. The highest BCUT2D eigenvalue weighted by Crippen LogP contribution is 2.37. The molecule has 3 fully saturated rings. The quantitative estimate of drug-likeness (QED) is 0.707. The Bertz CT molecular complexity index is 940. The molecule has 4 aliphatic rings. The van der Waals surface area contributed by atoms with Gasteiger partial charge >= 0.3 is 0 Å². The lowest BCUT2D eigenvalue weighted by Gasteiger charge is -2.46. The molecule has 0 aromatic heterocycles. The van der Waals surface area contributed by atoms with E-state index in [2.05, 4.69) is 9.30 Å². The molecule has 0 radical (unpaired) electrons. The van der Waals surface area contributed by atoms with Gasteiger partial charge in [0.25, 0.3) is 10.0 Å². The van der Waals surface area contributed by atoms with E-state index in [1.165, 1.54) is 25.7 Å². The van der Waals surface area contributed by atoms with E-state index >= 15 is 0 Å². The summed E-state index contributed by atoms with van der Waals surface area (Å²) < 4.78 is 28.9. The van der Waals surface area contributed by atoms with Gasteiger partial charge in [0.2, 0.25) is 5.91 Å². The Morgan fingerprint density at radius 2 is 1.72 bits per heavy atom. The molecule has 1 amide bonds. The van der Waals surface area contributed by atoms with Crippen LogP contribution in [0.1, 0.15) is 56.9 Å². The molecule has 0 spiro atoms. The van der Waals surface area contributed by atoms with E-state index in [9.17, 15) is 13.2 Å². The third kappa shape index (κ3) is 3.37. The van der Waals surface area contributed by atoms with Gasteiger partial charge in [-0.2, -0.15) is 8.42 Å². The van der Waals surface area contributed by atoms with Crippen LogP contribution in [0.15, 0.2) is 33.6 Å². The van der Waals surface area contributed by atoms with Crippen LogP contribution in [0.25, 0.3) is 0 Å². The Kier molecular flexibility index (Phi) is 4.88. The van der Waals surface area contributed by atoms with Gasteiger partial charge in [-0.15, -0.1) is 4.40 Å². The zero-order chi connectivity index (χ0) is 20.0. The Morgan fingerprint density at radius 3 is 2.62 bits per heavy atom. The van der Waals surface area contributed by atoms with E-state index in [0.29, 0.717) is 29.9 Å². The number of sulfonamides is 1. The number of amidine groups is 1. The van der Waals surface area contributed by atoms with Crippen LogP contribution in [-0.2, 0) is 14.8 Å². The average molecular weight is 416 g/mol. The zero-order valence-electron chi connectivity index (χ0n) is 16.8. The van der Waals surface area contributed by atoms with Gasteiger partial charge < -0.3 is 9.80 Å². The summed E-state index contributed by atoms with van der Waals surface area (Å²) >= 11 is 0. The van der Waals surface area contributed by atoms with E-state index in [0.717, 1.165) is 38.8 Å². The first-order chi connectivity index (χ1) is 14.0. The van der Waals surface area contributed by atoms with Crippen LogP contribution in [0.4, 0.5) is 0 Å². The molecule has 156 valence electrons. The van der Waals surface area contributed by atoms with Crippen LogP contribution in [-0.4, -0.2) is 55.6 Å². The number of carbonyl (C=O) groups is 1. The van der Waals surface area contributed by atoms with Gasteiger partial charge in [0.05, 0.1) is 5.92 Å². The number of hydrogen-bond donors (Lipinski definition) is 0. The topological polar surface area (TPSA) is 70.0 Å². The highest BCUT2D eigenvalue weighted by molar-refractivity contribution is 7.90. The molecule has 3 aliphatic heterocycles. The first kappa shape index (κ1) is 19.1. The second-order valence-corrected chi connectivity index (χ2v) is 10.5. The SMILES string of the molecule is O=C(C1CCCN(C2=NS(=O)(=O)c3ccccc32)C1)N1CCCC2CCCCC21. The van der Waals surface area contributed by atoms with Crippen molar-refractivity contribution in [1.29, 1.82) is 0 Å². The Labute approximate surface area is 173 Å². The Balaban J connectivity index is 1.36. The summed E-state index contributed by atoms with van der Waals surface area (Å²) in [6, 6.07) is 7.43. The lowest BCUT2D eigenvalue weighted by molar-refractivity contribution is -0.143. The minimum absolute atomic E-state index is 0.0670. The van der Waals surface area contributed by atoms with Crippen LogP contribution in [0, 0.1) is 11.8 Å². The van der Waals surface area contributed by atoms with Crippen molar-refractivity contribution >= 4 is 21.8 Å². The van der Waals surface area contributed by atoms with E-state index in [-0.39, 0.29) is 16.7 Å². The van der Waals surface area contributed by atoms with Crippen molar-refractivity contribution in [2.24, 2.45) is 16.2 Å². The fourth-order valence-corrected chi connectivity index (χ4v) is 7.05. The van der Waals surface area contributed by atoms with Crippen molar-refractivity contribution in [3.05, 3.63) is 29.8 Å². The fourth-order valence-electron chi connectivity index (χ4n) is 5.82. The predicted molar refractivity (Wildman–Crippen MR) is 111 cm³/mol. The lowest BCUT2D eigenvalue weighted by atomic mass is 9.77. The lowest BCUT2D eigenvalue weighted by Crippen LogP contribution is -2.54. The van der Waals surface area contributed by atoms with Crippen LogP contribution in [0.5, 0.6) is 0 Å².